The van der Waals surface area contributed by atoms with Gasteiger partial charge in [0.1, 0.15) is 5.82 Å². The number of aromatic nitrogens is 1. The Kier molecular flexibility index (Phi) is 2.72. The van der Waals surface area contributed by atoms with Crippen LogP contribution in [0.4, 0.5) is 4.39 Å². The van der Waals surface area contributed by atoms with E-state index in [9.17, 15) is 9.18 Å². The molecule has 0 aliphatic carbocycles. The third-order valence-electron chi connectivity index (χ3n) is 2.52. The molecule has 0 saturated carbocycles. The first-order valence-electron chi connectivity index (χ1n) is 5.01. The fourth-order valence-electron chi connectivity index (χ4n) is 1.69. The summed E-state index contributed by atoms with van der Waals surface area (Å²) in [6.07, 6.45) is 0. The van der Waals surface area contributed by atoms with Crippen LogP contribution in [0.1, 0.15) is 25.3 Å². The van der Waals surface area contributed by atoms with Gasteiger partial charge in [-0.3, -0.25) is 4.79 Å². The molecule has 0 radical (unpaired) electrons. The molecule has 2 rings (SSSR count). The van der Waals surface area contributed by atoms with Gasteiger partial charge in [-0.2, -0.15) is 0 Å². The summed E-state index contributed by atoms with van der Waals surface area (Å²) < 4.78 is 13.5. The highest BCUT2D eigenvalue weighted by Gasteiger charge is 2.09. The Hall–Kier alpha value is -1.35. The lowest BCUT2D eigenvalue weighted by molar-refractivity contribution is 0.636. The van der Waals surface area contributed by atoms with Crippen LogP contribution in [-0.4, -0.2) is 4.98 Å². The normalized spacial score (nSPS) is 11.3. The molecule has 84 valence electrons. The second kappa shape index (κ2) is 3.91. The lowest BCUT2D eigenvalue weighted by Crippen LogP contribution is -2.13. The maximum atomic E-state index is 13.5. The van der Waals surface area contributed by atoms with Crippen molar-refractivity contribution in [1.29, 1.82) is 0 Å². The average Bonchev–Trinajstić information content (AvgIpc) is 2.18. The summed E-state index contributed by atoms with van der Waals surface area (Å²) in [5.74, 6) is -0.412. The zero-order valence-electron chi connectivity index (χ0n) is 8.97. The van der Waals surface area contributed by atoms with Gasteiger partial charge in [-0.25, -0.2) is 4.39 Å². The molecular weight excluding hydrogens is 229 g/mol. The highest BCUT2D eigenvalue weighted by atomic mass is 35.5. The Labute approximate surface area is 97.1 Å². The zero-order chi connectivity index (χ0) is 11.9. The lowest BCUT2D eigenvalue weighted by Gasteiger charge is -2.07. The largest absolute Gasteiger partial charge is 0.319 e. The summed E-state index contributed by atoms with van der Waals surface area (Å²) in [6, 6.07) is 4.52. The standard InChI is InChI=1S/C12H11ClFNO/c1-6(2)9-4-7-3-8(13)5-10(14)11(7)15-12(9)16/h3-6H,1-2H3,(H,15,16). The molecule has 1 aromatic carbocycles. The number of rotatable bonds is 1. The maximum Gasteiger partial charge on any atom is 0.251 e. The molecule has 2 nitrogen and oxygen atoms in total. The molecule has 2 aromatic rings. The van der Waals surface area contributed by atoms with Gasteiger partial charge in [0.05, 0.1) is 5.52 Å². The monoisotopic (exact) mass is 239 g/mol. The van der Waals surface area contributed by atoms with Gasteiger partial charge in [0.25, 0.3) is 5.56 Å². The molecule has 16 heavy (non-hydrogen) atoms. The molecule has 4 heteroatoms. The first-order valence-corrected chi connectivity index (χ1v) is 5.39. The van der Waals surface area contributed by atoms with E-state index in [0.29, 0.717) is 16.0 Å². The van der Waals surface area contributed by atoms with E-state index in [1.165, 1.54) is 6.07 Å². The van der Waals surface area contributed by atoms with Gasteiger partial charge in [0.2, 0.25) is 0 Å². The van der Waals surface area contributed by atoms with Crippen molar-refractivity contribution in [2.45, 2.75) is 19.8 Å². The molecule has 0 amide bonds. The van der Waals surface area contributed by atoms with Gasteiger partial charge in [-0.1, -0.05) is 25.4 Å². The van der Waals surface area contributed by atoms with Crippen molar-refractivity contribution in [1.82, 2.24) is 4.98 Å². The molecule has 0 unspecified atom stereocenters. The molecule has 1 N–H and O–H groups in total. The molecule has 0 saturated heterocycles. The Morgan fingerprint density at radius 3 is 2.62 bits per heavy atom. The first-order chi connectivity index (χ1) is 7.49. The number of fused-ring (bicyclic) bond motifs is 1. The number of benzene rings is 1. The number of halogens is 2. The van der Waals surface area contributed by atoms with Gasteiger partial charge >= 0.3 is 0 Å². The van der Waals surface area contributed by atoms with Crippen LogP contribution in [0, 0.1) is 5.82 Å². The fourth-order valence-corrected chi connectivity index (χ4v) is 1.90. The molecule has 0 aliphatic heterocycles. The van der Waals surface area contributed by atoms with Gasteiger partial charge < -0.3 is 4.98 Å². The Morgan fingerprint density at radius 1 is 1.31 bits per heavy atom. The van der Waals surface area contributed by atoms with Crippen LogP contribution in [0.2, 0.25) is 5.02 Å². The predicted molar refractivity (Wildman–Crippen MR) is 63.6 cm³/mol. The highest BCUT2D eigenvalue weighted by molar-refractivity contribution is 6.31. The smallest absolute Gasteiger partial charge is 0.251 e. The number of hydrogen-bond acceptors (Lipinski definition) is 1. The molecule has 0 atom stereocenters. The zero-order valence-corrected chi connectivity index (χ0v) is 9.73. The molecule has 0 aliphatic rings. The van der Waals surface area contributed by atoms with E-state index in [0.717, 1.165) is 0 Å². The van der Waals surface area contributed by atoms with E-state index in [-0.39, 0.29) is 17.0 Å². The molecule has 0 fully saturated rings. The Balaban J connectivity index is 2.85. The van der Waals surface area contributed by atoms with Gasteiger partial charge in [0.15, 0.2) is 0 Å². The van der Waals surface area contributed by atoms with Crippen molar-refractivity contribution in [2.24, 2.45) is 0 Å². The van der Waals surface area contributed by atoms with E-state index in [2.05, 4.69) is 4.98 Å². The Bertz CT molecular complexity index is 604. The van der Waals surface area contributed by atoms with E-state index in [1.807, 2.05) is 13.8 Å². The Morgan fingerprint density at radius 2 is 2.00 bits per heavy atom. The quantitative estimate of drug-likeness (QED) is 0.812. The SMILES string of the molecule is CC(C)c1cc2cc(Cl)cc(F)c2[nH]c1=O. The van der Waals surface area contributed by atoms with Crippen LogP contribution in [0.3, 0.4) is 0 Å². The summed E-state index contributed by atoms with van der Waals surface area (Å²) >= 11 is 5.76. The number of aromatic amines is 1. The third kappa shape index (κ3) is 1.83. The molecule has 0 bridgehead atoms. The van der Waals surface area contributed by atoms with E-state index in [4.69, 9.17) is 11.6 Å². The van der Waals surface area contributed by atoms with Crippen molar-refractivity contribution in [2.75, 3.05) is 0 Å². The number of H-pyrrole nitrogens is 1. The maximum absolute atomic E-state index is 13.5. The van der Waals surface area contributed by atoms with Crippen LogP contribution >= 0.6 is 11.6 Å². The number of pyridine rings is 1. The summed E-state index contributed by atoms with van der Waals surface area (Å²) in [7, 11) is 0. The fraction of sp³-hybridized carbons (Fsp3) is 0.250. The summed E-state index contributed by atoms with van der Waals surface area (Å²) in [6.45, 7) is 3.83. The third-order valence-corrected chi connectivity index (χ3v) is 2.74. The molecule has 1 heterocycles. The van der Waals surface area contributed by atoms with Gasteiger partial charge in [-0.05, 0) is 24.1 Å². The van der Waals surface area contributed by atoms with Gasteiger partial charge in [0, 0.05) is 16.0 Å². The summed E-state index contributed by atoms with van der Waals surface area (Å²) in [4.78, 5) is 14.2. The number of nitrogens with one attached hydrogen (secondary N) is 1. The van der Waals surface area contributed by atoms with Crippen molar-refractivity contribution in [3.63, 3.8) is 0 Å². The van der Waals surface area contributed by atoms with Gasteiger partial charge in [-0.15, -0.1) is 0 Å². The number of hydrogen-bond donors (Lipinski definition) is 1. The minimum absolute atomic E-state index is 0.0928. The second-order valence-corrected chi connectivity index (χ2v) is 4.50. The van der Waals surface area contributed by atoms with Crippen molar-refractivity contribution in [3.8, 4) is 0 Å². The molecule has 1 aromatic heterocycles. The van der Waals surface area contributed by atoms with Crippen LogP contribution in [0.5, 0.6) is 0 Å². The van der Waals surface area contributed by atoms with Crippen LogP contribution in [0.15, 0.2) is 23.0 Å². The van der Waals surface area contributed by atoms with Crippen molar-refractivity contribution in [3.05, 3.63) is 45.0 Å². The van der Waals surface area contributed by atoms with Crippen molar-refractivity contribution < 1.29 is 4.39 Å². The summed E-state index contributed by atoms with van der Waals surface area (Å²) in [5, 5.41) is 0.944. The molecular formula is C12H11ClFNO. The summed E-state index contributed by atoms with van der Waals surface area (Å²) in [5.41, 5.74) is 0.594. The second-order valence-electron chi connectivity index (χ2n) is 4.06. The van der Waals surface area contributed by atoms with E-state index >= 15 is 0 Å². The predicted octanol–water partition coefficient (Wildman–Crippen LogP) is 3.44. The lowest BCUT2D eigenvalue weighted by atomic mass is 10.0. The minimum Gasteiger partial charge on any atom is -0.319 e. The van der Waals surface area contributed by atoms with E-state index in [1.54, 1.807) is 12.1 Å². The van der Waals surface area contributed by atoms with Crippen LogP contribution in [-0.2, 0) is 0 Å². The van der Waals surface area contributed by atoms with Crippen LogP contribution < -0.4 is 5.56 Å². The molecule has 0 spiro atoms. The van der Waals surface area contributed by atoms with Crippen LogP contribution in [0.25, 0.3) is 10.9 Å². The van der Waals surface area contributed by atoms with E-state index < -0.39 is 5.82 Å². The average molecular weight is 240 g/mol. The topological polar surface area (TPSA) is 32.9 Å². The highest BCUT2D eigenvalue weighted by Crippen LogP contribution is 2.22. The minimum atomic E-state index is -0.505. The van der Waals surface area contributed by atoms with Crippen molar-refractivity contribution >= 4 is 22.5 Å². The first kappa shape index (κ1) is 11.1.